The van der Waals surface area contributed by atoms with Gasteiger partial charge in [-0.1, -0.05) is 0 Å². The summed E-state index contributed by atoms with van der Waals surface area (Å²) in [6, 6.07) is 0. The predicted octanol–water partition coefficient (Wildman–Crippen LogP) is 0.192. The fraction of sp³-hybridized carbons (Fsp3) is 0.857. The van der Waals surface area contributed by atoms with E-state index in [-0.39, 0.29) is 13.2 Å². The van der Waals surface area contributed by atoms with Crippen LogP contribution in [0.4, 0.5) is 4.39 Å². The number of nitrogens with one attached hydrogen (secondary N) is 2. The molecule has 0 aromatic carbocycles. The minimum absolute atomic E-state index is 0.201. The highest BCUT2D eigenvalue weighted by atomic mass is 32.1. The lowest BCUT2D eigenvalue weighted by Crippen LogP contribution is -2.36. The van der Waals surface area contributed by atoms with Crippen LogP contribution in [-0.4, -0.2) is 36.6 Å². The van der Waals surface area contributed by atoms with Gasteiger partial charge in [0.2, 0.25) is 0 Å². The molecule has 0 unspecified atom stereocenters. The Morgan fingerprint density at radius 3 is 2.50 bits per heavy atom. The molecule has 0 saturated heterocycles. The van der Waals surface area contributed by atoms with Crippen LogP contribution in [0.2, 0.25) is 0 Å². The number of halogens is 1. The van der Waals surface area contributed by atoms with E-state index in [2.05, 4.69) is 10.6 Å². The van der Waals surface area contributed by atoms with Gasteiger partial charge in [-0.3, -0.25) is 0 Å². The number of alkyl halides is 1. The van der Waals surface area contributed by atoms with Gasteiger partial charge in [0.05, 0.1) is 0 Å². The first kappa shape index (κ1) is 11.6. The average molecular weight is 194 g/mol. The van der Waals surface area contributed by atoms with Crippen molar-refractivity contribution >= 4 is 17.3 Å². The summed E-state index contributed by atoms with van der Waals surface area (Å²) < 4.78 is 11.6. The third kappa shape index (κ3) is 7.68. The molecule has 0 aromatic heterocycles. The van der Waals surface area contributed by atoms with E-state index in [4.69, 9.17) is 17.3 Å². The van der Waals surface area contributed by atoms with Gasteiger partial charge >= 0.3 is 0 Å². The van der Waals surface area contributed by atoms with Crippen LogP contribution in [-0.2, 0) is 0 Å². The highest BCUT2D eigenvalue weighted by Gasteiger charge is 1.92. The Morgan fingerprint density at radius 1 is 1.25 bits per heavy atom. The molecule has 0 saturated carbocycles. The maximum absolute atomic E-state index is 11.6. The number of thiocarbonyl (C=S) groups is 1. The minimum Gasteiger partial charge on any atom is -0.396 e. The van der Waals surface area contributed by atoms with E-state index in [1.807, 2.05) is 0 Å². The summed E-state index contributed by atoms with van der Waals surface area (Å²) in [4.78, 5) is 0. The smallest absolute Gasteiger partial charge is 0.166 e. The quantitative estimate of drug-likeness (QED) is 0.417. The average Bonchev–Trinajstić information content (AvgIpc) is 2.09. The van der Waals surface area contributed by atoms with Crippen molar-refractivity contribution in [3.63, 3.8) is 0 Å². The molecule has 0 atom stereocenters. The third-order valence-electron chi connectivity index (χ3n) is 1.25. The van der Waals surface area contributed by atoms with Gasteiger partial charge in [-0.05, 0) is 25.1 Å². The van der Waals surface area contributed by atoms with Crippen molar-refractivity contribution in [2.24, 2.45) is 0 Å². The lowest BCUT2D eigenvalue weighted by molar-refractivity contribution is 0.285. The first-order valence-electron chi connectivity index (χ1n) is 3.99. The van der Waals surface area contributed by atoms with Gasteiger partial charge in [0, 0.05) is 19.7 Å². The van der Waals surface area contributed by atoms with Crippen LogP contribution < -0.4 is 10.6 Å². The third-order valence-corrected chi connectivity index (χ3v) is 1.54. The Balaban J connectivity index is 3.08. The molecule has 0 heterocycles. The van der Waals surface area contributed by atoms with Crippen LogP contribution in [0.5, 0.6) is 0 Å². The highest BCUT2D eigenvalue weighted by Crippen LogP contribution is 1.83. The van der Waals surface area contributed by atoms with Crippen molar-refractivity contribution in [3.05, 3.63) is 0 Å². The van der Waals surface area contributed by atoms with Crippen molar-refractivity contribution in [3.8, 4) is 0 Å². The van der Waals surface area contributed by atoms with Crippen LogP contribution in [0, 0.1) is 0 Å². The number of aliphatic hydroxyl groups excluding tert-OH is 1. The zero-order valence-electron chi connectivity index (χ0n) is 6.98. The molecule has 0 aliphatic carbocycles. The number of unbranched alkanes of at least 4 members (excludes halogenated alkanes) is 1. The Morgan fingerprint density at radius 2 is 1.92 bits per heavy atom. The molecule has 3 N–H and O–H groups in total. The summed E-state index contributed by atoms with van der Waals surface area (Å²) >= 11 is 4.82. The molecule has 0 spiro atoms. The molecular weight excluding hydrogens is 179 g/mol. The van der Waals surface area contributed by atoms with Gasteiger partial charge in [0.1, 0.15) is 6.67 Å². The van der Waals surface area contributed by atoms with Crippen LogP contribution in [0.15, 0.2) is 0 Å². The normalized spacial score (nSPS) is 9.50. The van der Waals surface area contributed by atoms with Gasteiger partial charge in [-0.2, -0.15) is 0 Å². The monoisotopic (exact) mass is 194 g/mol. The number of rotatable bonds is 6. The standard InChI is InChI=1S/C7H15FN2OS/c8-3-5-10-7(12)9-4-1-2-6-11/h11H,1-6H2,(H2,9,10,12). The van der Waals surface area contributed by atoms with Gasteiger partial charge in [-0.15, -0.1) is 0 Å². The number of hydrogen-bond donors (Lipinski definition) is 3. The molecule has 0 bridgehead atoms. The molecule has 0 aromatic rings. The van der Waals surface area contributed by atoms with E-state index >= 15 is 0 Å². The Bertz CT molecular complexity index is 124. The van der Waals surface area contributed by atoms with Gasteiger partial charge in [0.15, 0.2) is 5.11 Å². The van der Waals surface area contributed by atoms with Crippen LogP contribution in [0.3, 0.4) is 0 Å². The first-order chi connectivity index (χ1) is 5.81. The van der Waals surface area contributed by atoms with E-state index in [0.717, 1.165) is 19.4 Å². The molecule has 0 amide bonds. The Kier molecular flexibility index (Phi) is 8.37. The number of hydrogen-bond acceptors (Lipinski definition) is 2. The van der Waals surface area contributed by atoms with Crippen LogP contribution in [0.25, 0.3) is 0 Å². The molecule has 5 heteroatoms. The molecule has 12 heavy (non-hydrogen) atoms. The summed E-state index contributed by atoms with van der Waals surface area (Å²) in [5.41, 5.74) is 0. The molecular formula is C7H15FN2OS. The highest BCUT2D eigenvalue weighted by molar-refractivity contribution is 7.80. The zero-order chi connectivity index (χ0) is 9.23. The summed E-state index contributed by atoms with van der Waals surface area (Å²) in [5.74, 6) is 0. The van der Waals surface area contributed by atoms with E-state index in [1.165, 1.54) is 0 Å². The summed E-state index contributed by atoms with van der Waals surface area (Å²) in [7, 11) is 0. The molecule has 0 aliphatic rings. The SMILES string of the molecule is OCCCCNC(=S)NCCF. The molecule has 0 aliphatic heterocycles. The van der Waals surface area contributed by atoms with Gasteiger partial charge in [-0.25, -0.2) is 4.39 Å². The van der Waals surface area contributed by atoms with Crippen LogP contribution in [0.1, 0.15) is 12.8 Å². The van der Waals surface area contributed by atoms with E-state index in [9.17, 15) is 4.39 Å². The maximum atomic E-state index is 11.6. The fourth-order valence-corrected chi connectivity index (χ4v) is 0.866. The Labute approximate surface area is 77.3 Å². The number of aliphatic hydroxyl groups is 1. The topological polar surface area (TPSA) is 44.3 Å². The molecule has 72 valence electrons. The van der Waals surface area contributed by atoms with Crippen molar-refractivity contribution in [1.82, 2.24) is 10.6 Å². The Hall–Kier alpha value is -0.420. The molecule has 0 radical (unpaired) electrons. The first-order valence-corrected chi connectivity index (χ1v) is 4.40. The lowest BCUT2D eigenvalue weighted by Gasteiger charge is -2.07. The minimum atomic E-state index is -0.418. The maximum Gasteiger partial charge on any atom is 0.166 e. The molecule has 0 fully saturated rings. The summed E-state index contributed by atoms with van der Waals surface area (Å²) in [5, 5.41) is 14.5. The van der Waals surface area contributed by atoms with Crippen molar-refractivity contribution < 1.29 is 9.50 Å². The van der Waals surface area contributed by atoms with E-state index in [1.54, 1.807) is 0 Å². The van der Waals surface area contributed by atoms with E-state index < -0.39 is 6.67 Å². The lowest BCUT2D eigenvalue weighted by atomic mass is 10.3. The zero-order valence-corrected chi connectivity index (χ0v) is 7.79. The van der Waals surface area contributed by atoms with Crippen LogP contribution >= 0.6 is 12.2 Å². The van der Waals surface area contributed by atoms with E-state index in [0.29, 0.717) is 5.11 Å². The molecule has 0 rings (SSSR count). The summed E-state index contributed by atoms with van der Waals surface area (Å²) in [6.07, 6.45) is 1.63. The van der Waals surface area contributed by atoms with Crippen molar-refractivity contribution in [2.75, 3.05) is 26.4 Å². The second kappa shape index (κ2) is 8.67. The van der Waals surface area contributed by atoms with Gasteiger partial charge < -0.3 is 15.7 Å². The largest absolute Gasteiger partial charge is 0.396 e. The summed E-state index contributed by atoms with van der Waals surface area (Å²) in [6.45, 7) is 0.759. The van der Waals surface area contributed by atoms with Crippen molar-refractivity contribution in [1.29, 1.82) is 0 Å². The van der Waals surface area contributed by atoms with Gasteiger partial charge in [0.25, 0.3) is 0 Å². The second-order valence-corrected chi connectivity index (χ2v) is 2.71. The molecule has 3 nitrogen and oxygen atoms in total. The second-order valence-electron chi connectivity index (χ2n) is 2.30. The fourth-order valence-electron chi connectivity index (χ4n) is 0.662. The predicted molar refractivity (Wildman–Crippen MR) is 50.9 cm³/mol. The van der Waals surface area contributed by atoms with Crippen molar-refractivity contribution in [2.45, 2.75) is 12.8 Å².